The number of nitrogens with one attached hydrogen (secondary N) is 1. The van der Waals surface area contributed by atoms with Gasteiger partial charge in [-0.2, -0.15) is 0 Å². The highest BCUT2D eigenvalue weighted by Crippen LogP contribution is 2.27. The van der Waals surface area contributed by atoms with Crippen molar-refractivity contribution in [3.8, 4) is 0 Å². The third-order valence-electron chi connectivity index (χ3n) is 4.93. The molecule has 0 saturated heterocycles. The van der Waals surface area contributed by atoms with E-state index in [0.29, 0.717) is 13.0 Å². The zero-order valence-corrected chi connectivity index (χ0v) is 15.9. The molecule has 2 aromatic carbocycles. The SMILES string of the molecule is Cc1ccn2cc(CNC(=O)CC(c3ccccc3)c3ccccc3)nc2c1. The van der Waals surface area contributed by atoms with Crippen LogP contribution in [0.4, 0.5) is 0 Å². The average molecular weight is 369 g/mol. The molecule has 4 rings (SSSR count). The van der Waals surface area contributed by atoms with Gasteiger partial charge in [-0.15, -0.1) is 0 Å². The van der Waals surface area contributed by atoms with Crippen LogP contribution in [-0.4, -0.2) is 15.3 Å². The lowest BCUT2D eigenvalue weighted by molar-refractivity contribution is -0.121. The Hall–Kier alpha value is -3.40. The maximum Gasteiger partial charge on any atom is 0.221 e. The van der Waals surface area contributed by atoms with Crippen molar-refractivity contribution in [1.29, 1.82) is 0 Å². The number of carbonyl (C=O) groups is 1. The third kappa shape index (κ3) is 4.12. The second kappa shape index (κ2) is 8.09. The molecule has 140 valence electrons. The summed E-state index contributed by atoms with van der Waals surface area (Å²) in [5, 5.41) is 3.03. The normalized spacial score (nSPS) is 11.1. The summed E-state index contributed by atoms with van der Waals surface area (Å²) in [6.45, 7) is 2.47. The highest BCUT2D eigenvalue weighted by molar-refractivity contribution is 5.77. The lowest BCUT2D eigenvalue weighted by Gasteiger charge is -2.17. The lowest BCUT2D eigenvalue weighted by atomic mass is 9.88. The molecular weight excluding hydrogens is 346 g/mol. The Balaban J connectivity index is 1.46. The van der Waals surface area contributed by atoms with Crippen molar-refractivity contribution >= 4 is 11.6 Å². The van der Waals surface area contributed by atoms with Crippen LogP contribution >= 0.6 is 0 Å². The van der Waals surface area contributed by atoms with Crippen LogP contribution < -0.4 is 5.32 Å². The van der Waals surface area contributed by atoms with Crippen LogP contribution in [0.3, 0.4) is 0 Å². The smallest absolute Gasteiger partial charge is 0.221 e. The van der Waals surface area contributed by atoms with Gasteiger partial charge in [-0.05, 0) is 35.7 Å². The molecule has 4 aromatic rings. The van der Waals surface area contributed by atoms with Gasteiger partial charge in [-0.25, -0.2) is 4.98 Å². The van der Waals surface area contributed by atoms with E-state index >= 15 is 0 Å². The fourth-order valence-corrected chi connectivity index (χ4v) is 3.47. The molecule has 0 aliphatic rings. The van der Waals surface area contributed by atoms with Crippen LogP contribution in [0.15, 0.2) is 85.2 Å². The van der Waals surface area contributed by atoms with E-state index in [2.05, 4.69) is 34.6 Å². The molecule has 0 fully saturated rings. The Bertz CT molecular complexity index is 1030. The van der Waals surface area contributed by atoms with E-state index in [1.807, 2.05) is 72.2 Å². The highest BCUT2D eigenvalue weighted by atomic mass is 16.1. The van der Waals surface area contributed by atoms with Gasteiger partial charge in [0.25, 0.3) is 0 Å². The molecule has 0 bridgehead atoms. The van der Waals surface area contributed by atoms with Crippen molar-refractivity contribution in [2.45, 2.75) is 25.8 Å². The minimum Gasteiger partial charge on any atom is -0.350 e. The second-order valence-corrected chi connectivity index (χ2v) is 7.06. The Morgan fingerprint density at radius 1 is 1.00 bits per heavy atom. The predicted octanol–water partition coefficient (Wildman–Crippen LogP) is 4.48. The zero-order valence-electron chi connectivity index (χ0n) is 15.9. The first-order valence-electron chi connectivity index (χ1n) is 9.50. The van der Waals surface area contributed by atoms with Crippen LogP contribution in [0.2, 0.25) is 0 Å². The molecule has 1 N–H and O–H groups in total. The Morgan fingerprint density at radius 2 is 1.64 bits per heavy atom. The lowest BCUT2D eigenvalue weighted by Crippen LogP contribution is -2.25. The minimum atomic E-state index is 0.0194. The molecular formula is C24H23N3O. The number of hydrogen-bond donors (Lipinski definition) is 1. The van der Waals surface area contributed by atoms with E-state index in [1.54, 1.807) is 0 Å². The van der Waals surface area contributed by atoms with Gasteiger partial charge in [0.05, 0.1) is 12.2 Å². The van der Waals surface area contributed by atoms with Gasteiger partial charge in [0, 0.05) is 24.7 Å². The average Bonchev–Trinajstić information content (AvgIpc) is 3.14. The summed E-state index contributed by atoms with van der Waals surface area (Å²) < 4.78 is 1.98. The molecule has 0 unspecified atom stereocenters. The van der Waals surface area contributed by atoms with E-state index in [1.165, 1.54) is 5.56 Å². The van der Waals surface area contributed by atoms with E-state index in [9.17, 15) is 4.79 Å². The van der Waals surface area contributed by atoms with Crippen LogP contribution in [0, 0.1) is 6.92 Å². The number of imidazole rings is 1. The molecule has 0 spiro atoms. The second-order valence-electron chi connectivity index (χ2n) is 7.06. The minimum absolute atomic E-state index is 0.0194. The summed E-state index contributed by atoms with van der Waals surface area (Å²) in [5.74, 6) is 0.0528. The Morgan fingerprint density at radius 3 is 2.29 bits per heavy atom. The fraction of sp³-hybridized carbons (Fsp3) is 0.167. The van der Waals surface area contributed by atoms with Crippen molar-refractivity contribution in [3.63, 3.8) is 0 Å². The first-order chi connectivity index (χ1) is 13.7. The quantitative estimate of drug-likeness (QED) is 0.545. The largest absolute Gasteiger partial charge is 0.350 e. The van der Waals surface area contributed by atoms with Crippen LogP contribution in [0.5, 0.6) is 0 Å². The van der Waals surface area contributed by atoms with Gasteiger partial charge in [0.2, 0.25) is 5.91 Å². The topological polar surface area (TPSA) is 46.4 Å². The Labute approximate surface area is 164 Å². The highest BCUT2D eigenvalue weighted by Gasteiger charge is 2.18. The summed E-state index contributed by atoms with van der Waals surface area (Å²) in [4.78, 5) is 17.3. The van der Waals surface area contributed by atoms with Gasteiger partial charge in [-0.3, -0.25) is 4.79 Å². The molecule has 2 heterocycles. The number of carbonyl (C=O) groups excluding carboxylic acids is 1. The molecule has 0 atom stereocenters. The van der Waals surface area contributed by atoms with Gasteiger partial charge >= 0.3 is 0 Å². The van der Waals surface area contributed by atoms with Gasteiger partial charge in [0.1, 0.15) is 5.65 Å². The summed E-state index contributed by atoms with van der Waals surface area (Å²) in [6.07, 6.45) is 4.35. The number of benzene rings is 2. The Kier molecular flexibility index (Phi) is 5.20. The number of hydrogen-bond acceptors (Lipinski definition) is 2. The molecule has 1 amide bonds. The van der Waals surface area contributed by atoms with Gasteiger partial charge in [0.15, 0.2) is 0 Å². The van der Waals surface area contributed by atoms with Crippen LogP contribution in [-0.2, 0) is 11.3 Å². The van der Waals surface area contributed by atoms with Crippen molar-refractivity contribution in [1.82, 2.24) is 14.7 Å². The summed E-state index contributed by atoms with van der Waals surface area (Å²) in [6, 6.07) is 24.4. The molecule has 0 aliphatic carbocycles. The zero-order chi connectivity index (χ0) is 19.3. The first kappa shape index (κ1) is 18.0. The van der Waals surface area contributed by atoms with E-state index < -0.39 is 0 Å². The van der Waals surface area contributed by atoms with Crippen molar-refractivity contribution in [3.05, 3.63) is 108 Å². The van der Waals surface area contributed by atoms with E-state index in [0.717, 1.165) is 22.5 Å². The number of aryl methyl sites for hydroxylation is 1. The van der Waals surface area contributed by atoms with E-state index in [-0.39, 0.29) is 11.8 Å². The summed E-state index contributed by atoms with van der Waals surface area (Å²) >= 11 is 0. The molecule has 2 aromatic heterocycles. The summed E-state index contributed by atoms with van der Waals surface area (Å²) in [7, 11) is 0. The maximum atomic E-state index is 12.7. The van der Waals surface area contributed by atoms with Crippen molar-refractivity contribution in [2.24, 2.45) is 0 Å². The van der Waals surface area contributed by atoms with Crippen LogP contribution in [0.25, 0.3) is 5.65 Å². The van der Waals surface area contributed by atoms with Crippen molar-refractivity contribution in [2.75, 3.05) is 0 Å². The molecule has 4 nitrogen and oxygen atoms in total. The predicted molar refractivity (Wildman–Crippen MR) is 111 cm³/mol. The molecule has 0 radical (unpaired) electrons. The molecule has 0 aliphatic heterocycles. The number of amides is 1. The summed E-state index contributed by atoms with van der Waals surface area (Å²) in [5.41, 5.74) is 5.21. The van der Waals surface area contributed by atoms with E-state index in [4.69, 9.17) is 0 Å². The number of rotatable bonds is 6. The monoisotopic (exact) mass is 369 g/mol. The molecule has 4 heteroatoms. The number of aromatic nitrogens is 2. The molecule has 28 heavy (non-hydrogen) atoms. The fourth-order valence-electron chi connectivity index (χ4n) is 3.47. The maximum absolute atomic E-state index is 12.7. The molecule has 0 saturated carbocycles. The first-order valence-corrected chi connectivity index (χ1v) is 9.50. The van der Waals surface area contributed by atoms with Gasteiger partial charge < -0.3 is 9.72 Å². The standard InChI is InChI=1S/C24H23N3O/c1-18-12-13-27-17-21(26-23(27)14-18)16-25-24(28)15-22(19-8-4-2-5-9-19)20-10-6-3-7-11-20/h2-14,17,22H,15-16H2,1H3,(H,25,28). The van der Waals surface area contributed by atoms with Crippen molar-refractivity contribution < 1.29 is 4.79 Å². The number of pyridine rings is 1. The van der Waals surface area contributed by atoms with Gasteiger partial charge in [-0.1, -0.05) is 60.7 Å². The number of nitrogens with zero attached hydrogens (tertiary/aromatic N) is 2. The third-order valence-corrected chi connectivity index (χ3v) is 4.93. The van der Waals surface area contributed by atoms with Crippen LogP contribution in [0.1, 0.15) is 34.7 Å². The number of fused-ring (bicyclic) bond motifs is 1.